The minimum absolute atomic E-state index is 0.209. The Hall–Kier alpha value is -1.55. The lowest BCUT2D eigenvalue weighted by molar-refractivity contribution is -0.142. The molecule has 0 unspecified atom stereocenters. The number of nitrogens with zero attached hydrogens (tertiary/aromatic N) is 1. The third-order valence-electron chi connectivity index (χ3n) is 2.61. The number of para-hydroxylation sites is 1. The predicted molar refractivity (Wildman–Crippen MR) is 59.2 cm³/mol. The van der Waals surface area contributed by atoms with Crippen LogP contribution in [-0.2, 0) is 16.1 Å². The van der Waals surface area contributed by atoms with Gasteiger partial charge in [0.15, 0.2) is 0 Å². The van der Waals surface area contributed by atoms with Crippen LogP contribution in [0.3, 0.4) is 0 Å². The van der Waals surface area contributed by atoms with Gasteiger partial charge >= 0.3 is 5.97 Å². The van der Waals surface area contributed by atoms with Crippen LogP contribution in [0.4, 0.5) is 0 Å². The summed E-state index contributed by atoms with van der Waals surface area (Å²) in [5.41, 5.74) is 1.11. The van der Waals surface area contributed by atoms with E-state index in [1.807, 2.05) is 29.2 Å². The van der Waals surface area contributed by atoms with Gasteiger partial charge in [-0.25, -0.2) is 0 Å². The summed E-state index contributed by atoms with van der Waals surface area (Å²) in [6.45, 7) is 2.39. The zero-order chi connectivity index (χ0) is 11.4. The summed E-state index contributed by atoms with van der Waals surface area (Å²) in [5, 5.41) is 0. The molecule has 0 atom stereocenters. The average molecular weight is 221 g/mol. The van der Waals surface area contributed by atoms with Crippen molar-refractivity contribution in [3.63, 3.8) is 0 Å². The molecule has 0 N–H and O–H groups in total. The molecule has 0 aromatic heterocycles. The summed E-state index contributed by atoms with van der Waals surface area (Å²) in [5.74, 6) is 0.703. The van der Waals surface area contributed by atoms with Gasteiger partial charge in [0, 0.05) is 18.7 Å². The molecule has 1 aromatic carbocycles. The van der Waals surface area contributed by atoms with E-state index in [1.54, 1.807) is 0 Å². The Labute approximate surface area is 94.8 Å². The van der Waals surface area contributed by atoms with Crippen molar-refractivity contribution < 1.29 is 14.3 Å². The second-order valence-corrected chi connectivity index (χ2v) is 3.74. The van der Waals surface area contributed by atoms with E-state index in [2.05, 4.69) is 4.74 Å². The molecule has 0 radical (unpaired) electrons. The van der Waals surface area contributed by atoms with E-state index in [0.29, 0.717) is 13.2 Å². The van der Waals surface area contributed by atoms with Crippen molar-refractivity contribution >= 4 is 5.97 Å². The van der Waals surface area contributed by atoms with Crippen LogP contribution in [-0.4, -0.2) is 37.7 Å². The minimum atomic E-state index is -0.209. The summed E-state index contributed by atoms with van der Waals surface area (Å²) < 4.78 is 10.3. The molecule has 0 saturated heterocycles. The van der Waals surface area contributed by atoms with Gasteiger partial charge in [0.2, 0.25) is 0 Å². The van der Waals surface area contributed by atoms with Gasteiger partial charge < -0.3 is 9.47 Å². The number of carbonyl (C=O) groups excluding carboxylic acids is 1. The lowest BCUT2D eigenvalue weighted by Crippen LogP contribution is -2.31. The molecule has 4 nitrogen and oxygen atoms in total. The summed E-state index contributed by atoms with van der Waals surface area (Å²) in [7, 11) is 1.41. The van der Waals surface area contributed by atoms with Crippen LogP contribution in [0.25, 0.3) is 0 Å². The third-order valence-corrected chi connectivity index (χ3v) is 2.61. The average Bonchev–Trinajstić information content (AvgIpc) is 2.50. The first-order valence-corrected chi connectivity index (χ1v) is 5.29. The van der Waals surface area contributed by atoms with Gasteiger partial charge in [-0.05, 0) is 6.07 Å². The summed E-state index contributed by atoms with van der Waals surface area (Å²) >= 11 is 0. The van der Waals surface area contributed by atoms with Gasteiger partial charge in [0.05, 0.1) is 13.7 Å². The highest BCUT2D eigenvalue weighted by Gasteiger charge is 2.17. The molecule has 1 aromatic rings. The molecule has 1 aliphatic rings. The molecule has 0 bridgehead atoms. The van der Waals surface area contributed by atoms with E-state index < -0.39 is 0 Å². The number of ether oxygens (including phenoxy) is 2. The van der Waals surface area contributed by atoms with Crippen molar-refractivity contribution in [2.24, 2.45) is 0 Å². The fourth-order valence-corrected chi connectivity index (χ4v) is 1.76. The molecule has 2 rings (SSSR count). The van der Waals surface area contributed by atoms with Crippen LogP contribution in [0.5, 0.6) is 5.75 Å². The fraction of sp³-hybridized carbons (Fsp3) is 0.417. The van der Waals surface area contributed by atoms with Crippen molar-refractivity contribution in [3.8, 4) is 5.75 Å². The van der Waals surface area contributed by atoms with Crippen LogP contribution < -0.4 is 4.74 Å². The van der Waals surface area contributed by atoms with Crippen LogP contribution in [0.15, 0.2) is 24.3 Å². The Kier molecular flexibility index (Phi) is 3.41. The van der Waals surface area contributed by atoms with Crippen molar-refractivity contribution in [3.05, 3.63) is 29.8 Å². The van der Waals surface area contributed by atoms with Crippen LogP contribution >= 0.6 is 0 Å². The van der Waals surface area contributed by atoms with Gasteiger partial charge in [-0.1, -0.05) is 18.2 Å². The Morgan fingerprint density at radius 2 is 2.31 bits per heavy atom. The summed E-state index contributed by atoms with van der Waals surface area (Å²) in [4.78, 5) is 13.2. The molecular weight excluding hydrogens is 206 g/mol. The topological polar surface area (TPSA) is 38.8 Å². The predicted octanol–water partition coefficient (Wildman–Crippen LogP) is 1.05. The van der Waals surface area contributed by atoms with E-state index >= 15 is 0 Å². The van der Waals surface area contributed by atoms with Gasteiger partial charge in [-0.15, -0.1) is 0 Å². The molecule has 0 amide bonds. The Balaban J connectivity index is 2.07. The quantitative estimate of drug-likeness (QED) is 0.700. The number of methoxy groups -OCH3 is 1. The van der Waals surface area contributed by atoms with E-state index in [9.17, 15) is 4.79 Å². The van der Waals surface area contributed by atoms with Gasteiger partial charge in [0.25, 0.3) is 0 Å². The van der Waals surface area contributed by atoms with E-state index in [0.717, 1.165) is 24.4 Å². The Morgan fingerprint density at radius 3 is 3.12 bits per heavy atom. The van der Waals surface area contributed by atoms with Crippen molar-refractivity contribution in [2.75, 3.05) is 26.8 Å². The molecular formula is C12H15NO3. The molecule has 1 heterocycles. The van der Waals surface area contributed by atoms with Gasteiger partial charge in [-0.2, -0.15) is 0 Å². The first-order chi connectivity index (χ1) is 7.79. The monoisotopic (exact) mass is 221 g/mol. The second-order valence-electron chi connectivity index (χ2n) is 3.74. The molecule has 1 aliphatic heterocycles. The number of rotatable bonds is 2. The molecule has 86 valence electrons. The smallest absolute Gasteiger partial charge is 0.319 e. The summed E-state index contributed by atoms with van der Waals surface area (Å²) in [6.07, 6.45) is 0. The lowest BCUT2D eigenvalue weighted by Gasteiger charge is -2.17. The van der Waals surface area contributed by atoms with Crippen LogP contribution in [0.1, 0.15) is 5.56 Å². The zero-order valence-electron chi connectivity index (χ0n) is 9.31. The lowest BCUT2D eigenvalue weighted by atomic mass is 10.2. The Bertz CT molecular complexity index is 378. The third kappa shape index (κ3) is 2.52. The van der Waals surface area contributed by atoms with E-state index in [4.69, 9.17) is 4.74 Å². The highest BCUT2D eigenvalue weighted by molar-refractivity contribution is 5.71. The molecule has 0 saturated carbocycles. The largest absolute Gasteiger partial charge is 0.492 e. The summed E-state index contributed by atoms with van der Waals surface area (Å²) in [6, 6.07) is 7.90. The molecule has 0 aliphatic carbocycles. The van der Waals surface area contributed by atoms with Crippen molar-refractivity contribution in [2.45, 2.75) is 6.54 Å². The molecule has 4 heteroatoms. The fourth-order valence-electron chi connectivity index (χ4n) is 1.76. The zero-order valence-corrected chi connectivity index (χ0v) is 9.31. The van der Waals surface area contributed by atoms with Crippen LogP contribution in [0.2, 0.25) is 0 Å². The molecule has 0 fully saturated rings. The number of fused-ring (bicyclic) bond motifs is 1. The minimum Gasteiger partial charge on any atom is -0.492 e. The maximum atomic E-state index is 11.2. The normalized spacial score (nSPS) is 15.8. The first kappa shape index (κ1) is 11.0. The standard InChI is InChI=1S/C12H15NO3/c1-15-12(14)9-13-6-7-16-11-5-3-2-4-10(11)8-13/h2-5H,6-9H2,1H3. The maximum Gasteiger partial charge on any atom is 0.319 e. The Morgan fingerprint density at radius 1 is 1.50 bits per heavy atom. The van der Waals surface area contributed by atoms with E-state index in [-0.39, 0.29) is 5.97 Å². The second kappa shape index (κ2) is 4.99. The van der Waals surface area contributed by atoms with Crippen molar-refractivity contribution in [1.82, 2.24) is 4.90 Å². The number of hydrogen-bond acceptors (Lipinski definition) is 4. The molecule has 0 spiro atoms. The first-order valence-electron chi connectivity index (χ1n) is 5.29. The van der Waals surface area contributed by atoms with E-state index in [1.165, 1.54) is 7.11 Å². The number of esters is 1. The maximum absolute atomic E-state index is 11.2. The molecule has 16 heavy (non-hydrogen) atoms. The van der Waals surface area contributed by atoms with Gasteiger partial charge in [-0.3, -0.25) is 9.69 Å². The number of benzene rings is 1. The highest BCUT2D eigenvalue weighted by Crippen LogP contribution is 2.22. The van der Waals surface area contributed by atoms with Crippen LogP contribution in [0, 0.1) is 0 Å². The SMILES string of the molecule is COC(=O)CN1CCOc2ccccc2C1. The van der Waals surface area contributed by atoms with Crippen molar-refractivity contribution in [1.29, 1.82) is 0 Å². The van der Waals surface area contributed by atoms with Gasteiger partial charge in [0.1, 0.15) is 12.4 Å². The number of carbonyl (C=O) groups is 1. The number of hydrogen-bond donors (Lipinski definition) is 0. The highest BCUT2D eigenvalue weighted by atomic mass is 16.5.